The molecule has 0 bridgehead atoms. The van der Waals surface area contributed by atoms with Gasteiger partial charge in [-0.2, -0.15) is 0 Å². The van der Waals surface area contributed by atoms with Crippen molar-refractivity contribution in [2.75, 3.05) is 12.0 Å². The van der Waals surface area contributed by atoms with Crippen molar-refractivity contribution in [3.8, 4) is 12.3 Å². The van der Waals surface area contributed by atoms with E-state index in [1.807, 2.05) is 0 Å². The lowest BCUT2D eigenvalue weighted by molar-refractivity contribution is 0.0136. The highest BCUT2D eigenvalue weighted by atomic mass is 19.3. The third-order valence-corrected chi connectivity index (χ3v) is 5.52. The number of aromatic nitrogens is 3. The Morgan fingerprint density at radius 3 is 2.71 bits per heavy atom. The fourth-order valence-corrected chi connectivity index (χ4v) is 3.56. The molecular formula is C22H18F4N4O. The molecule has 1 fully saturated rings. The molecule has 0 saturated heterocycles. The second-order valence-electron chi connectivity index (χ2n) is 7.70. The van der Waals surface area contributed by atoms with Gasteiger partial charge in [-0.25, -0.2) is 27.5 Å². The summed E-state index contributed by atoms with van der Waals surface area (Å²) in [5.41, 5.74) is -1.91. The molecule has 9 heteroatoms. The maximum atomic E-state index is 14.8. The van der Waals surface area contributed by atoms with Crippen LogP contribution in [0, 0.1) is 18.2 Å². The minimum Gasteiger partial charge on any atom is -0.352 e. The standard InChI is InChI=1S/C22H18F4N4O/c1-3-16(13-5-4-6-15(19(13)24)21(2,25)26)29-20-14-10-30(22(11-23)7-8-22)18(31)9-17(14)27-12-28-20/h1,4-6,9-10,12,16H,7-8,11H2,2H3,(H,27,28,29). The van der Waals surface area contributed by atoms with Gasteiger partial charge < -0.3 is 9.88 Å². The summed E-state index contributed by atoms with van der Waals surface area (Å²) in [7, 11) is 0. The summed E-state index contributed by atoms with van der Waals surface area (Å²) < 4.78 is 57.1. The van der Waals surface area contributed by atoms with Crippen molar-refractivity contribution in [2.45, 2.75) is 37.3 Å². The lowest BCUT2D eigenvalue weighted by Crippen LogP contribution is -2.31. The van der Waals surface area contributed by atoms with Gasteiger partial charge in [0.1, 0.15) is 30.7 Å². The van der Waals surface area contributed by atoms with Gasteiger partial charge >= 0.3 is 0 Å². The van der Waals surface area contributed by atoms with Crippen LogP contribution in [0.1, 0.15) is 36.9 Å². The molecule has 2 heterocycles. The Kier molecular flexibility index (Phi) is 4.96. The van der Waals surface area contributed by atoms with E-state index in [2.05, 4.69) is 21.2 Å². The van der Waals surface area contributed by atoms with E-state index in [0.717, 1.165) is 6.07 Å². The van der Waals surface area contributed by atoms with Crippen LogP contribution in [-0.4, -0.2) is 21.2 Å². The molecule has 1 saturated carbocycles. The number of nitrogens with one attached hydrogen (secondary N) is 1. The largest absolute Gasteiger partial charge is 0.352 e. The van der Waals surface area contributed by atoms with Crippen molar-refractivity contribution in [3.05, 3.63) is 64.1 Å². The minimum absolute atomic E-state index is 0.149. The Hall–Kier alpha value is -3.41. The zero-order valence-corrected chi connectivity index (χ0v) is 16.5. The number of alkyl halides is 3. The molecule has 1 aliphatic carbocycles. The number of fused-ring (bicyclic) bond motifs is 1. The van der Waals surface area contributed by atoms with Crippen molar-refractivity contribution in [1.82, 2.24) is 14.5 Å². The third-order valence-electron chi connectivity index (χ3n) is 5.52. The zero-order valence-electron chi connectivity index (χ0n) is 16.5. The highest BCUT2D eigenvalue weighted by Gasteiger charge is 2.45. The average Bonchev–Trinajstić information content (AvgIpc) is 3.52. The Balaban J connectivity index is 1.79. The van der Waals surface area contributed by atoms with Crippen LogP contribution in [0.3, 0.4) is 0 Å². The van der Waals surface area contributed by atoms with Gasteiger partial charge in [0.15, 0.2) is 0 Å². The summed E-state index contributed by atoms with van der Waals surface area (Å²) in [4.78, 5) is 20.6. The molecule has 0 radical (unpaired) electrons. The van der Waals surface area contributed by atoms with Gasteiger partial charge in [-0.15, -0.1) is 6.42 Å². The summed E-state index contributed by atoms with van der Waals surface area (Å²) in [6.45, 7) is -0.0889. The summed E-state index contributed by atoms with van der Waals surface area (Å²) in [5, 5.41) is 3.24. The monoisotopic (exact) mass is 430 g/mol. The number of nitrogens with zero attached hydrogens (tertiary/aromatic N) is 3. The number of anilines is 1. The van der Waals surface area contributed by atoms with E-state index in [-0.39, 0.29) is 11.4 Å². The summed E-state index contributed by atoms with van der Waals surface area (Å²) in [6, 6.07) is 3.74. The van der Waals surface area contributed by atoms with Gasteiger partial charge in [-0.05, 0) is 12.8 Å². The van der Waals surface area contributed by atoms with Crippen molar-refractivity contribution in [1.29, 1.82) is 0 Å². The summed E-state index contributed by atoms with van der Waals surface area (Å²) in [6.07, 6.45) is 9.27. The van der Waals surface area contributed by atoms with Crippen LogP contribution in [0.5, 0.6) is 0 Å². The van der Waals surface area contributed by atoms with Gasteiger partial charge in [0, 0.05) is 24.8 Å². The first kappa shape index (κ1) is 20.8. The molecule has 1 unspecified atom stereocenters. The van der Waals surface area contributed by atoms with Crippen molar-refractivity contribution < 1.29 is 17.6 Å². The maximum absolute atomic E-state index is 14.8. The predicted octanol–water partition coefficient (Wildman–Crippen LogP) is 4.29. The number of hydrogen-bond donors (Lipinski definition) is 1. The number of terminal acetylenes is 1. The van der Waals surface area contributed by atoms with Crippen LogP contribution in [0.25, 0.3) is 10.9 Å². The highest BCUT2D eigenvalue weighted by Crippen LogP contribution is 2.43. The number of halogens is 4. The van der Waals surface area contributed by atoms with E-state index in [4.69, 9.17) is 6.42 Å². The normalized spacial score (nSPS) is 16.0. The van der Waals surface area contributed by atoms with Crippen LogP contribution < -0.4 is 10.9 Å². The number of benzene rings is 1. The SMILES string of the molecule is C#CC(Nc1ncnc2cc(=O)n(C3(CF)CC3)cc12)c1cccc(C(C)(F)F)c1F. The van der Waals surface area contributed by atoms with E-state index < -0.39 is 41.1 Å². The number of rotatable bonds is 6. The lowest BCUT2D eigenvalue weighted by atomic mass is 10.00. The fourth-order valence-electron chi connectivity index (χ4n) is 3.56. The molecular weight excluding hydrogens is 412 g/mol. The fraction of sp³-hybridized carbons (Fsp3) is 0.318. The second kappa shape index (κ2) is 7.38. The lowest BCUT2D eigenvalue weighted by Gasteiger charge is -2.20. The van der Waals surface area contributed by atoms with Crippen LogP contribution in [-0.2, 0) is 11.5 Å². The molecule has 0 amide bonds. The third kappa shape index (κ3) is 3.63. The first-order valence-corrected chi connectivity index (χ1v) is 9.53. The first-order valence-electron chi connectivity index (χ1n) is 9.53. The molecule has 4 rings (SSSR count). The molecule has 2 aromatic heterocycles. The van der Waals surface area contributed by atoms with Crippen LogP contribution in [0.2, 0.25) is 0 Å². The van der Waals surface area contributed by atoms with E-state index in [1.165, 1.54) is 35.3 Å². The molecule has 5 nitrogen and oxygen atoms in total. The molecule has 1 aliphatic rings. The van der Waals surface area contributed by atoms with Gasteiger partial charge in [-0.1, -0.05) is 24.1 Å². The van der Waals surface area contributed by atoms with Gasteiger partial charge in [0.25, 0.3) is 11.5 Å². The van der Waals surface area contributed by atoms with Gasteiger partial charge in [-0.3, -0.25) is 4.79 Å². The van der Waals surface area contributed by atoms with E-state index in [9.17, 15) is 22.4 Å². The molecule has 3 aromatic rings. The van der Waals surface area contributed by atoms with Gasteiger partial charge in [0.05, 0.1) is 22.0 Å². The van der Waals surface area contributed by atoms with Gasteiger partial charge in [0.2, 0.25) is 0 Å². The predicted molar refractivity (Wildman–Crippen MR) is 108 cm³/mol. The minimum atomic E-state index is -3.39. The first-order chi connectivity index (χ1) is 14.7. The van der Waals surface area contributed by atoms with Crippen molar-refractivity contribution in [3.63, 3.8) is 0 Å². The highest BCUT2D eigenvalue weighted by molar-refractivity contribution is 5.88. The zero-order chi connectivity index (χ0) is 22.4. The van der Waals surface area contributed by atoms with Crippen LogP contribution in [0.4, 0.5) is 23.4 Å². The van der Waals surface area contributed by atoms with Crippen LogP contribution >= 0.6 is 0 Å². The molecule has 0 spiro atoms. The van der Waals surface area contributed by atoms with Crippen molar-refractivity contribution in [2.24, 2.45) is 0 Å². The average molecular weight is 430 g/mol. The second-order valence-corrected chi connectivity index (χ2v) is 7.70. The maximum Gasteiger partial charge on any atom is 0.273 e. The molecule has 0 aliphatic heterocycles. The molecule has 31 heavy (non-hydrogen) atoms. The Morgan fingerprint density at radius 1 is 1.35 bits per heavy atom. The van der Waals surface area contributed by atoms with E-state index in [0.29, 0.717) is 30.7 Å². The summed E-state index contributed by atoms with van der Waals surface area (Å²) in [5.74, 6) is -1.99. The molecule has 1 aromatic carbocycles. The quantitative estimate of drug-likeness (QED) is 0.468. The van der Waals surface area contributed by atoms with E-state index >= 15 is 0 Å². The summed E-state index contributed by atoms with van der Waals surface area (Å²) >= 11 is 0. The van der Waals surface area contributed by atoms with E-state index in [1.54, 1.807) is 0 Å². The Morgan fingerprint density at radius 2 is 2.10 bits per heavy atom. The van der Waals surface area contributed by atoms with Crippen LogP contribution in [0.15, 0.2) is 41.6 Å². The molecule has 1 N–H and O–H groups in total. The topological polar surface area (TPSA) is 59.8 Å². The molecule has 160 valence electrons. The van der Waals surface area contributed by atoms with Crippen molar-refractivity contribution >= 4 is 16.7 Å². The smallest absolute Gasteiger partial charge is 0.273 e. The Labute approximate surface area is 175 Å². The number of hydrogen-bond acceptors (Lipinski definition) is 4. The molecule has 1 atom stereocenters. The number of pyridine rings is 1. The Bertz CT molecular complexity index is 1260.